The maximum absolute atomic E-state index is 6.18. The van der Waals surface area contributed by atoms with Crippen molar-refractivity contribution in [3.63, 3.8) is 0 Å². The van der Waals surface area contributed by atoms with Gasteiger partial charge < -0.3 is 0 Å². The molecule has 0 aliphatic rings. The first kappa shape index (κ1) is 17.5. The van der Waals surface area contributed by atoms with Crippen molar-refractivity contribution in [2.45, 2.75) is 71.3 Å². The van der Waals surface area contributed by atoms with E-state index in [0.29, 0.717) is 0 Å². The molecule has 3 N–H and O–H groups in total. The van der Waals surface area contributed by atoms with Crippen molar-refractivity contribution in [3.05, 3.63) is 34.3 Å². The molecular formula is C17H29ClN2. The highest BCUT2D eigenvalue weighted by atomic mass is 35.5. The lowest BCUT2D eigenvalue weighted by atomic mass is 9.99. The SMILES string of the molecule is CCCCCCCCCC(NN)c1ccc(C)c(Cl)c1. The van der Waals surface area contributed by atoms with Crippen LogP contribution < -0.4 is 11.3 Å². The number of halogens is 1. The first-order valence-electron chi connectivity index (χ1n) is 7.91. The van der Waals surface area contributed by atoms with Crippen molar-refractivity contribution < 1.29 is 0 Å². The third kappa shape index (κ3) is 6.25. The molecule has 0 aromatic heterocycles. The van der Waals surface area contributed by atoms with Crippen molar-refractivity contribution in [1.29, 1.82) is 0 Å². The minimum atomic E-state index is 0.212. The van der Waals surface area contributed by atoms with Crippen LogP contribution >= 0.6 is 11.6 Å². The number of aryl methyl sites for hydroxylation is 1. The van der Waals surface area contributed by atoms with Crippen molar-refractivity contribution >= 4 is 11.6 Å². The highest BCUT2D eigenvalue weighted by Gasteiger charge is 2.10. The fraction of sp³-hybridized carbons (Fsp3) is 0.647. The molecule has 0 aliphatic carbocycles. The maximum atomic E-state index is 6.18. The summed E-state index contributed by atoms with van der Waals surface area (Å²) in [7, 11) is 0. The average molecular weight is 297 g/mol. The molecule has 0 fully saturated rings. The fourth-order valence-corrected chi connectivity index (χ4v) is 2.67. The molecule has 1 rings (SSSR count). The monoisotopic (exact) mass is 296 g/mol. The van der Waals surface area contributed by atoms with Gasteiger partial charge in [-0.15, -0.1) is 0 Å². The molecule has 0 heterocycles. The number of hydrogen-bond acceptors (Lipinski definition) is 2. The van der Waals surface area contributed by atoms with Gasteiger partial charge in [0, 0.05) is 11.1 Å². The molecule has 0 saturated carbocycles. The predicted molar refractivity (Wildman–Crippen MR) is 88.9 cm³/mol. The van der Waals surface area contributed by atoms with Gasteiger partial charge in [-0.1, -0.05) is 75.6 Å². The largest absolute Gasteiger partial charge is 0.271 e. The van der Waals surface area contributed by atoms with Gasteiger partial charge in [-0.05, 0) is 30.5 Å². The van der Waals surface area contributed by atoms with Crippen LogP contribution in [0.15, 0.2) is 18.2 Å². The lowest BCUT2D eigenvalue weighted by molar-refractivity contribution is 0.476. The summed E-state index contributed by atoms with van der Waals surface area (Å²) in [5, 5.41) is 0.822. The van der Waals surface area contributed by atoms with Crippen molar-refractivity contribution in [2.24, 2.45) is 5.84 Å². The Kier molecular flexibility index (Phi) is 8.92. The normalized spacial score (nSPS) is 12.6. The fourth-order valence-electron chi connectivity index (χ4n) is 2.48. The van der Waals surface area contributed by atoms with Crippen LogP contribution in [0.1, 0.15) is 75.5 Å². The third-order valence-electron chi connectivity index (χ3n) is 3.90. The first-order valence-corrected chi connectivity index (χ1v) is 8.29. The molecule has 0 aliphatic heterocycles. The molecule has 3 heteroatoms. The van der Waals surface area contributed by atoms with Crippen LogP contribution in [0.5, 0.6) is 0 Å². The summed E-state index contributed by atoms with van der Waals surface area (Å²) in [4.78, 5) is 0. The molecule has 0 spiro atoms. The number of unbranched alkanes of at least 4 members (excludes halogenated alkanes) is 6. The van der Waals surface area contributed by atoms with Gasteiger partial charge in [0.05, 0.1) is 0 Å². The predicted octanol–water partition coefficient (Wildman–Crippen LogP) is 5.29. The summed E-state index contributed by atoms with van der Waals surface area (Å²) >= 11 is 6.18. The van der Waals surface area contributed by atoms with E-state index >= 15 is 0 Å². The summed E-state index contributed by atoms with van der Waals surface area (Å²) in [6.07, 6.45) is 10.3. The second kappa shape index (κ2) is 10.2. The van der Waals surface area contributed by atoms with Crippen LogP contribution in [-0.2, 0) is 0 Å². The van der Waals surface area contributed by atoms with Crippen LogP contribution in [0.4, 0.5) is 0 Å². The number of rotatable bonds is 10. The zero-order valence-corrected chi connectivity index (χ0v) is 13.7. The Morgan fingerprint density at radius 1 is 1.10 bits per heavy atom. The van der Waals surface area contributed by atoms with Crippen molar-refractivity contribution in [1.82, 2.24) is 5.43 Å². The molecule has 114 valence electrons. The van der Waals surface area contributed by atoms with Crippen molar-refractivity contribution in [2.75, 3.05) is 0 Å². The Morgan fingerprint density at radius 2 is 1.75 bits per heavy atom. The topological polar surface area (TPSA) is 38.0 Å². The highest BCUT2D eigenvalue weighted by Crippen LogP contribution is 2.24. The average Bonchev–Trinajstić information content (AvgIpc) is 2.45. The second-order valence-corrected chi connectivity index (χ2v) is 6.05. The van der Waals surface area contributed by atoms with E-state index in [2.05, 4.69) is 24.5 Å². The maximum Gasteiger partial charge on any atom is 0.0460 e. The summed E-state index contributed by atoms with van der Waals surface area (Å²) in [6.45, 7) is 4.28. The molecule has 0 bridgehead atoms. The molecule has 0 radical (unpaired) electrons. The van der Waals surface area contributed by atoms with E-state index in [9.17, 15) is 0 Å². The summed E-state index contributed by atoms with van der Waals surface area (Å²) in [5.74, 6) is 5.68. The minimum Gasteiger partial charge on any atom is -0.271 e. The van der Waals surface area contributed by atoms with Gasteiger partial charge >= 0.3 is 0 Å². The van der Waals surface area contributed by atoms with E-state index in [0.717, 1.165) is 17.0 Å². The Balaban J connectivity index is 2.30. The summed E-state index contributed by atoms with van der Waals surface area (Å²) in [5.41, 5.74) is 5.22. The van der Waals surface area contributed by atoms with Gasteiger partial charge in [0.25, 0.3) is 0 Å². The van der Waals surface area contributed by atoms with Crippen LogP contribution in [0.25, 0.3) is 0 Å². The van der Waals surface area contributed by atoms with Crippen LogP contribution in [0.3, 0.4) is 0 Å². The smallest absolute Gasteiger partial charge is 0.0460 e. The van der Waals surface area contributed by atoms with E-state index < -0.39 is 0 Å². The number of benzene rings is 1. The van der Waals surface area contributed by atoms with Crippen molar-refractivity contribution in [3.8, 4) is 0 Å². The summed E-state index contributed by atoms with van der Waals surface area (Å²) < 4.78 is 0. The molecule has 1 atom stereocenters. The van der Waals surface area contributed by atoms with E-state index in [1.807, 2.05) is 13.0 Å². The lowest BCUT2D eigenvalue weighted by Crippen LogP contribution is -2.28. The van der Waals surface area contributed by atoms with Gasteiger partial charge in [-0.2, -0.15) is 0 Å². The van der Waals surface area contributed by atoms with Crippen LogP contribution in [-0.4, -0.2) is 0 Å². The molecular weight excluding hydrogens is 268 g/mol. The zero-order valence-electron chi connectivity index (χ0n) is 12.9. The molecule has 2 nitrogen and oxygen atoms in total. The molecule has 1 aromatic rings. The standard InChI is InChI=1S/C17H29ClN2/c1-3-4-5-6-7-8-9-10-17(20-19)15-12-11-14(2)16(18)13-15/h11-13,17,20H,3-10,19H2,1-2H3. The van der Waals surface area contributed by atoms with Gasteiger partial charge in [-0.25, -0.2) is 0 Å². The Morgan fingerprint density at radius 3 is 2.35 bits per heavy atom. The highest BCUT2D eigenvalue weighted by molar-refractivity contribution is 6.31. The van der Waals surface area contributed by atoms with Crippen LogP contribution in [0.2, 0.25) is 5.02 Å². The third-order valence-corrected chi connectivity index (χ3v) is 4.30. The molecule has 1 unspecified atom stereocenters. The van der Waals surface area contributed by atoms with Crippen LogP contribution in [0, 0.1) is 6.92 Å². The summed E-state index contributed by atoms with van der Waals surface area (Å²) in [6, 6.07) is 6.42. The molecule has 0 saturated heterocycles. The number of hydrogen-bond donors (Lipinski definition) is 2. The molecule has 20 heavy (non-hydrogen) atoms. The van der Waals surface area contributed by atoms with E-state index in [1.54, 1.807) is 0 Å². The number of nitrogens with two attached hydrogens (primary N) is 1. The van der Waals surface area contributed by atoms with Gasteiger partial charge in [0.2, 0.25) is 0 Å². The lowest BCUT2D eigenvalue weighted by Gasteiger charge is -2.17. The van der Waals surface area contributed by atoms with E-state index in [4.69, 9.17) is 17.4 Å². The molecule has 0 amide bonds. The Hall–Kier alpha value is -0.570. The number of nitrogens with one attached hydrogen (secondary N) is 1. The minimum absolute atomic E-state index is 0.212. The van der Waals surface area contributed by atoms with Gasteiger partial charge in [0.1, 0.15) is 0 Å². The van der Waals surface area contributed by atoms with Gasteiger partial charge in [-0.3, -0.25) is 11.3 Å². The van der Waals surface area contributed by atoms with E-state index in [-0.39, 0.29) is 6.04 Å². The number of hydrazine groups is 1. The van der Waals surface area contributed by atoms with E-state index in [1.165, 1.54) is 50.5 Å². The second-order valence-electron chi connectivity index (χ2n) is 5.64. The van der Waals surface area contributed by atoms with Gasteiger partial charge in [0.15, 0.2) is 0 Å². The zero-order chi connectivity index (χ0) is 14.8. The first-order chi connectivity index (χ1) is 9.69. The quantitative estimate of drug-likeness (QED) is 0.349. The molecule has 1 aromatic carbocycles. The Labute approximate surface area is 129 Å². The Bertz CT molecular complexity index is 379.